The number of hydrogen-bond acceptors (Lipinski definition) is 4. The predicted octanol–water partition coefficient (Wildman–Crippen LogP) is 1.90. The highest BCUT2D eigenvalue weighted by Gasteiger charge is 2.13. The average Bonchev–Trinajstić information content (AvgIpc) is 2.76. The fourth-order valence-electron chi connectivity index (χ4n) is 1.72. The van der Waals surface area contributed by atoms with E-state index in [0.717, 1.165) is 5.69 Å². The summed E-state index contributed by atoms with van der Waals surface area (Å²) < 4.78 is 6.74. The Bertz CT molecular complexity index is 610. The van der Waals surface area contributed by atoms with Crippen molar-refractivity contribution >= 4 is 0 Å². The van der Waals surface area contributed by atoms with Crippen LogP contribution in [0.25, 0.3) is 5.69 Å². The predicted molar refractivity (Wildman–Crippen MR) is 66.3 cm³/mol. The van der Waals surface area contributed by atoms with E-state index in [-0.39, 0.29) is 0 Å². The van der Waals surface area contributed by atoms with Crippen molar-refractivity contribution in [1.82, 2.24) is 15.0 Å². The van der Waals surface area contributed by atoms with Crippen molar-refractivity contribution < 1.29 is 4.74 Å². The Kier molecular flexibility index (Phi) is 3.40. The van der Waals surface area contributed by atoms with Crippen LogP contribution in [0.5, 0.6) is 0 Å². The molecule has 0 bridgehead atoms. The third-order valence-electron chi connectivity index (χ3n) is 2.89. The van der Waals surface area contributed by atoms with Crippen LogP contribution in [-0.2, 0) is 11.3 Å². The Labute approximate surface area is 106 Å². The van der Waals surface area contributed by atoms with E-state index in [4.69, 9.17) is 10.00 Å². The number of methoxy groups -OCH3 is 1. The van der Waals surface area contributed by atoms with Crippen molar-refractivity contribution in [2.75, 3.05) is 7.11 Å². The molecule has 1 aromatic carbocycles. The Hall–Kier alpha value is -2.19. The number of nitriles is 1. The molecule has 0 saturated heterocycles. The maximum atomic E-state index is 8.98. The molecule has 0 N–H and O–H groups in total. The van der Waals surface area contributed by atoms with Gasteiger partial charge in [0.2, 0.25) is 0 Å². The summed E-state index contributed by atoms with van der Waals surface area (Å²) in [4.78, 5) is 0. The van der Waals surface area contributed by atoms with Gasteiger partial charge in [-0.3, -0.25) is 0 Å². The fraction of sp³-hybridized carbons (Fsp3) is 0.308. The molecule has 1 heterocycles. The van der Waals surface area contributed by atoms with E-state index in [1.165, 1.54) is 11.1 Å². The molecule has 0 saturated carbocycles. The third kappa shape index (κ3) is 2.11. The number of hydrogen-bond donors (Lipinski definition) is 0. The molecule has 2 aromatic rings. The van der Waals surface area contributed by atoms with Gasteiger partial charge in [-0.05, 0) is 37.1 Å². The molecule has 0 fully saturated rings. The molecule has 5 heteroatoms. The Morgan fingerprint density at radius 2 is 2.11 bits per heavy atom. The lowest BCUT2D eigenvalue weighted by Gasteiger charge is -2.08. The molecule has 0 aliphatic carbocycles. The number of ether oxygens (including phenoxy) is 1. The van der Waals surface area contributed by atoms with E-state index >= 15 is 0 Å². The van der Waals surface area contributed by atoms with Crippen LogP contribution in [0.2, 0.25) is 0 Å². The molecule has 18 heavy (non-hydrogen) atoms. The van der Waals surface area contributed by atoms with Gasteiger partial charge in [0.15, 0.2) is 5.69 Å². The van der Waals surface area contributed by atoms with E-state index in [0.29, 0.717) is 18.0 Å². The van der Waals surface area contributed by atoms with Crippen LogP contribution in [0.3, 0.4) is 0 Å². The number of aromatic nitrogens is 3. The normalized spacial score (nSPS) is 10.3. The zero-order valence-corrected chi connectivity index (χ0v) is 10.6. The van der Waals surface area contributed by atoms with Gasteiger partial charge in [0, 0.05) is 7.11 Å². The minimum Gasteiger partial charge on any atom is -0.378 e. The molecule has 5 nitrogen and oxygen atoms in total. The monoisotopic (exact) mass is 242 g/mol. The minimum absolute atomic E-state index is 0.301. The zero-order chi connectivity index (χ0) is 13.1. The van der Waals surface area contributed by atoms with E-state index in [1.807, 2.05) is 31.2 Å². The lowest BCUT2D eigenvalue weighted by molar-refractivity contribution is 0.179. The summed E-state index contributed by atoms with van der Waals surface area (Å²) in [6.45, 7) is 4.40. The van der Waals surface area contributed by atoms with Crippen molar-refractivity contribution in [2.24, 2.45) is 0 Å². The lowest BCUT2D eigenvalue weighted by atomic mass is 10.1. The zero-order valence-electron chi connectivity index (χ0n) is 10.6. The molecule has 92 valence electrons. The summed E-state index contributed by atoms with van der Waals surface area (Å²) in [6.07, 6.45) is 0. The first kappa shape index (κ1) is 12.3. The summed E-state index contributed by atoms with van der Waals surface area (Å²) in [5.74, 6) is 0. The Morgan fingerprint density at radius 3 is 2.72 bits per heavy atom. The molecule has 0 aliphatic rings. The molecule has 0 unspecified atom stereocenters. The van der Waals surface area contributed by atoms with E-state index in [2.05, 4.69) is 17.2 Å². The average molecular weight is 242 g/mol. The van der Waals surface area contributed by atoms with Gasteiger partial charge in [0.25, 0.3) is 0 Å². The molecule has 0 spiro atoms. The first-order chi connectivity index (χ1) is 8.67. The summed E-state index contributed by atoms with van der Waals surface area (Å²) in [5.41, 5.74) is 4.25. The standard InChI is InChI=1S/C13H14N4O/c1-9-4-5-11(6-10(9)2)17-13(8-18-3)12(7-14)15-16-17/h4-6H,8H2,1-3H3. The third-order valence-corrected chi connectivity index (χ3v) is 2.89. The second-order valence-electron chi connectivity index (χ2n) is 4.11. The van der Waals surface area contributed by atoms with Gasteiger partial charge >= 0.3 is 0 Å². The van der Waals surface area contributed by atoms with Gasteiger partial charge in [-0.15, -0.1) is 5.10 Å². The largest absolute Gasteiger partial charge is 0.378 e. The van der Waals surface area contributed by atoms with Crippen molar-refractivity contribution in [3.63, 3.8) is 0 Å². The van der Waals surface area contributed by atoms with Crippen molar-refractivity contribution in [1.29, 1.82) is 5.26 Å². The van der Waals surface area contributed by atoms with E-state index in [1.54, 1.807) is 11.8 Å². The molecule has 0 amide bonds. The smallest absolute Gasteiger partial charge is 0.188 e. The highest BCUT2D eigenvalue weighted by atomic mass is 16.5. The maximum Gasteiger partial charge on any atom is 0.188 e. The quantitative estimate of drug-likeness (QED) is 0.824. The summed E-state index contributed by atoms with van der Waals surface area (Å²) in [6, 6.07) is 8.02. The number of aryl methyl sites for hydroxylation is 2. The first-order valence-corrected chi connectivity index (χ1v) is 5.58. The van der Waals surface area contributed by atoms with Crippen molar-refractivity contribution in [3.8, 4) is 11.8 Å². The Morgan fingerprint density at radius 1 is 1.33 bits per heavy atom. The second-order valence-corrected chi connectivity index (χ2v) is 4.11. The van der Waals surface area contributed by atoms with Crippen LogP contribution in [0.1, 0.15) is 22.5 Å². The SMILES string of the molecule is COCc1c(C#N)nnn1-c1ccc(C)c(C)c1. The molecule has 2 rings (SSSR count). The van der Waals surface area contributed by atoms with Crippen LogP contribution in [0, 0.1) is 25.2 Å². The fourth-order valence-corrected chi connectivity index (χ4v) is 1.72. The van der Waals surface area contributed by atoms with Crippen LogP contribution < -0.4 is 0 Å². The van der Waals surface area contributed by atoms with Gasteiger partial charge in [0.05, 0.1) is 12.3 Å². The van der Waals surface area contributed by atoms with Gasteiger partial charge in [0.1, 0.15) is 11.8 Å². The van der Waals surface area contributed by atoms with E-state index in [9.17, 15) is 0 Å². The second kappa shape index (κ2) is 4.98. The summed E-state index contributed by atoms with van der Waals surface area (Å²) in [5, 5.41) is 16.8. The van der Waals surface area contributed by atoms with Crippen LogP contribution in [0.15, 0.2) is 18.2 Å². The molecule has 0 atom stereocenters. The maximum absolute atomic E-state index is 8.98. The molecule has 1 aromatic heterocycles. The van der Waals surface area contributed by atoms with Crippen LogP contribution >= 0.6 is 0 Å². The van der Waals surface area contributed by atoms with Gasteiger partial charge in [-0.1, -0.05) is 11.3 Å². The number of nitrogens with zero attached hydrogens (tertiary/aromatic N) is 4. The summed E-state index contributed by atoms with van der Waals surface area (Å²) in [7, 11) is 1.58. The van der Waals surface area contributed by atoms with Crippen LogP contribution in [-0.4, -0.2) is 22.1 Å². The van der Waals surface area contributed by atoms with Crippen molar-refractivity contribution in [3.05, 3.63) is 40.7 Å². The minimum atomic E-state index is 0.301. The molecule has 0 aliphatic heterocycles. The number of benzene rings is 1. The lowest BCUT2D eigenvalue weighted by Crippen LogP contribution is -2.04. The highest BCUT2D eigenvalue weighted by molar-refractivity contribution is 5.41. The van der Waals surface area contributed by atoms with E-state index < -0.39 is 0 Å². The van der Waals surface area contributed by atoms with Gasteiger partial charge < -0.3 is 4.74 Å². The van der Waals surface area contributed by atoms with Crippen LogP contribution in [0.4, 0.5) is 0 Å². The summed E-state index contributed by atoms with van der Waals surface area (Å²) >= 11 is 0. The van der Waals surface area contributed by atoms with Gasteiger partial charge in [-0.25, -0.2) is 4.68 Å². The van der Waals surface area contributed by atoms with Gasteiger partial charge in [-0.2, -0.15) is 5.26 Å². The molecular formula is C13H14N4O. The first-order valence-electron chi connectivity index (χ1n) is 5.58. The molecular weight excluding hydrogens is 228 g/mol. The molecule has 0 radical (unpaired) electrons. The topological polar surface area (TPSA) is 63.7 Å². The number of rotatable bonds is 3. The highest BCUT2D eigenvalue weighted by Crippen LogP contribution is 2.17. The Balaban J connectivity index is 2.53. The van der Waals surface area contributed by atoms with Crippen molar-refractivity contribution in [2.45, 2.75) is 20.5 Å².